The normalized spacial score (nSPS) is 35.5. The molecular weight excluding hydrogens is 262 g/mol. The van der Waals surface area contributed by atoms with Gasteiger partial charge in [-0.25, -0.2) is 0 Å². The third-order valence-electron chi connectivity index (χ3n) is 5.54. The lowest BCUT2D eigenvalue weighted by molar-refractivity contribution is -0.133. The zero-order valence-electron chi connectivity index (χ0n) is 13.8. The van der Waals surface area contributed by atoms with Crippen LogP contribution >= 0.6 is 0 Å². The van der Waals surface area contributed by atoms with Crippen molar-refractivity contribution in [3.05, 3.63) is 0 Å². The zero-order valence-corrected chi connectivity index (χ0v) is 13.8. The Hall–Kier alpha value is -0.610. The van der Waals surface area contributed by atoms with Gasteiger partial charge < -0.3 is 9.80 Å². The van der Waals surface area contributed by atoms with Crippen LogP contribution in [0.25, 0.3) is 0 Å². The van der Waals surface area contributed by atoms with Gasteiger partial charge in [0.05, 0.1) is 12.2 Å². The lowest BCUT2D eigenvalue weighted by Crippen LogP contribution is -2.48. The Kier molecular flexibility index (Phi) is 4.55. The van der Waals surface area contributed by atoms with E-state index in [0.717, 1.165) is 25.9 Å². The third kappa shape index (κ3) is 3.11. The van der Waals surface area contributed by atoms with Crippen LogP contribution in [0.4, 0.5) is 0 Å². The molecule has 0 aromatic carbocycles. The Morgan fingerprint density at radius 1 is 1.24 bits per heavy atom. The molecule has 0 spiro atoms. The molecule has 2 heterocycles. The molecule has 120 valence electrons. The molecule has 2 saturated heterocycles. The van der Waals surface area contributed by atoms with Gasteiger partial charge in [0.1, 0.15) is 0 Å². The number of likely N-dealkylation sites (N-methyl/N-ethyl adjacent to an activating group) is 1. The molecule has 3 fully saturated rings. The van der Waals surface area contributed by atoms with E-state index in [4.69, 9.17) is 0 Å². The van der Waals surface area contributed by atoms with E-state index in [-0.39, 0.29) is 6.04 Å². The molecule has 1 saturated carbocycles. The van der Waals surface area contributed by atoms with E-state index in [0.29, 0.717) is 30.0 Å². The summed E-state index contributed by atoms with van der Waals surface area (Å²) in [4.78, 5) is 17.6. The highest BCUT2D eigenvalue weighted by atomic mass is 16.2. The van der Waals surface area contributed by atoms with E-state index in [2.05, 4.69) is 36.0 Å². The highest BCUT2D eigenvalue weighted by Gasteiger charge is 2.46. The molecule has 3 rings (SSSR count). The highest BCUT2D eigenvalue weighted by Crippen LogP contribution is 2.35. The van der Waals surface area contributed by atoms with Gasteiger partial charge in [-0.1, -0.05) is 26.7 Å². The zero-order chi connectivity index (χ0) is 15.0. The largest absolute Gasteiger partial charge is 0.321 e. The number of carbonyl (C=O) groups excluding carboxylic acids is 1. The maximum absolute atomic E-state index is 12.9. The summed E-state index contributed by atoms with van der Waals surface area (Å²) in [6.07, 6.45) is 7.67. The number of amides is 1. The maximum Gasteiger partial charge on any atom is 0.241 e. The van der Waals surface area contributed by atoms with Crippen molar-refractivity contribution in [3.63, 3.8) is 0 Å². The minimum absolute atomic E-state index is 0.0570. The van der Waals surface area contributed by atoms with Gasteiger partial charge >= 0.3 is 0 Å². The summed E-state index contributed by atoms with van der Waals surface area (Å²) in [6.45, 7) is 6.60. The van der Waals surface area contributed by atoms with Crippen LogP contribution in [0.2, 0.25) is 0 Å². The minimum atomic E-state index is 0.0570. The summed E-state index contributed by atoms with van der Waals surface area (Å²) in [6, 6.07) is 0.485. The maximum atomic E-state index is 12.9. The van der Waals surface area contributed by atoms with E-state index in [9.17, 15) is 4.79 Å². The first kappa shape index (κ1) is 15.3. The van der Waals surface area contributed by atoms with Crippen LogP contribution < -0.4 is 5.32 Å². The smallest absolute Gasteiger partial charge is 0.241 e. The van der Waals surface area contributed by atoms with Crippen molar-refractivity contribution in [2.45, 2.75) is 70.6 Å². The fraction of sp³-hybridized carbons (Fsp3) is 0.941. The van der Waals surface area contributed by atoms with E-state index >= 15 is 0 Å². The minimum Gasteiger partial charge on any atom is -0.321 e. The van der Waals surface area contributed by atoms with Crippen LogP contribution in [0.5, 0.6) is 0 Å². The summed E-state index contributed by atoms with van der Waals surface area (Å²) in [5, 5.41) is 3.71. The predicted molar refractivity (Wildman–Crippen MR) is 84.9 cm³/mol. The Morgan fingerprint density at radius 2 is 1.95 bits per heavy atom. The molecule has 0 radical (unpaired) electrons. The van der Waals surface area contributed by atoms with Crippen molar-refractivity contribution >= 4 is 5.91 Å². The highest BCUT2D eigenvalue weighted by molar-refractivity contribution is 5.84. The average Bonchev–Trinajstić information content (AvgIpc) is 3.11. The van der Waals surface area contributed by atoms with Crippen molar-refractivity contribution < 1.29 is 4.79 Å². The van der Waals surface area contributed by atoms with Gasteiger partial charge in [0, 0.05) is 12.6 Å². The summed E-state index contributed by atoms with van der Waals surface area (Å²) < 4.78 is 0. The van der Waals surface area contributed by atoms with Crippen LogP contribution in [-0.2, 0) is 4.79 Å². The van der Waals surface area contributed by atoms with Crippen LogP contribution in [0, 0.1) is 11.8 Å². The fourth-order valence-corrected chi connectivity index (χ4v) is 4.50. The van der Waals surface area contributed by atoms with Crippen molar-refractivity contribution in [1.29, 1.82) is 0 Å². The van der Waals surface area contributed by atoms with Crippen molar-refractivity contribution in [2.24, 2.45) is 11.8 Å². The molecule has 4 nitrogen and oxygen atoms in total. The number of nitrogens with one attached hydrogen (secondary N) is 1. The molecule has 0 aromatic rings. The first-order valence-electron chi connectivity index (χ1n) is 8.83. The second-order valence-electron chi connectivity index (χ2n) is 7.79. The molecule has 0 bridgehead atoms. The molecule has 3 aliphatic rings. The Labute approximate surface area is 129 Å². The van der Waals surface area contributed by atoms with Crippen LogP contribution in [0.1, 0.15) is 52.4 Å². The molecule has 4 heteroatoms. The van der Waals surface area contributed by atoms with Crippen molar-refractivity contribution in [2.75, 3.05) is 20.1 Å². The van der Waals surface area contributed by atoms with Gasteiger partial charge in [0.15, 0.2) is 0 Å². The van der Waals surface area contributed by atoms with Gasteiger partial charge in [-0.05, 0) is 51.1 Å². The van der Waals surface area contributed by atoms with Gasteiger partial charge in [0.25, 0.3) is 0 Å². The number of rotatable bonds is 4. The van der Waals surface area contributed by atoms with Gasteiger partial charge in [-0.3, -0.25) is 10.1 Å². The lowest BCUT2D eigenvalue weighted by Gasteiger charge is -2.33. The monoisotopic (exact) mass is 293 g/mol. The second-order valence-corrected chi connectivity index (χ2v) is 7.79. The number of hydrogen-bond donors (Lipinski definition) is 1. The number of carbonyl (C=O) groups is 1. The topological polar surface area (TPSA) is 35.6 Å². The van der Waals surface area contributed by atoms with E-state index < -0.39 is 0 Å². The van der Waals surface area contributed by atoms with Crippen LogP contribution in [-0.4, -0.2) is 54.1 Å². The van der Waals surface area contributed by atoms with Gasteiger partial charge in [-0.15, -0.1) is 0 Å². The molecule has 3 atom stereocenters. The summed E-state index contributed by atoms with van der Waals surface area (Å²) >= 11 is 0. The standard InChI is InChI=1S/C17H31N3O/c1-12(2)10-15-17(21)20(14-8-9-19(3)11-14)16(18-15)13-6-4-5-7-13/h12-16,18H,4-11H2,1-3H3. The van der Waals surface area contributed by atoms with Crippen LogP contribution in [0.3, 0.4) is 0 Å². The fourth-order valence-electron chi connectivity index (χ4n) is 4.50. The Balaban J connectivity index is 1.76. The summed E-state index contributed by atoms with van der Waals surface area (Å²) in [7, 11) is 2.17. The molecule has 1 aliphatic carbocycles. The molecule has 2 aliphatic heterocycles. The number of hydrogen-bond acceptors (Lipinski definition) is 3. The lowest BCUT2D eigenvalue weighted by atomic mass is 10.0. The summed E-state index contributed by atoms with van der Waals surface area (Å²) in [5.41, 5.74) is 0. The quantitative estimate of drug-likeness (QED) is 0.862. The predicted octanol–water partition coefficient (Wildman–Crippen LogP) is 2.05. The SMILES string of the molecule is CC(C)CC1NC(C2CCCC2)N(C2CCN(C)C2)C1=O. The molecule has 0 aromatic heterocycles. The van der Waals surface area contributed by atoms with E-state index in [1.807, 2.05) is 0 Å². The molecule has 3 unspecified atom stereocenters. The van der Waals surface area contributed by atoms with Gasteiger partial charge in [-0.2, -0.15) is 0 Å². The van der Waals surface area contributed by atoms with Crippen LogP contribution in [0.15, 0.2) is 0 Å². The molecule has 1 amide bonds. The van der Waals surface area contributed by atoms with E-state index in [1.54, 1.807) is 0 Å². The van der Waals surface area contributed by atoms with Gasteiger partial charge in [0.2, 0.25) is 5.91 Å². The third-order valence-corrected chi connectivity index (χ3v) is 5.54. The first-order valence-corrected chi connectivity index (χ1v) is 8.83. The second kappa shape index (κ2) is 6.25. The van der Waals surface area contributed by atoms with E-state index in [1.165, 1.54) is 25.7 Å². The Morgan fingerprint density at radius 3 is 2.52 bits per heavy atom. The Bertz CT molecular complexity index is 378. The number of nitrogens with zero attached hydrogens (tertiary/aromatic N) is 2. The number of likely N-dealkylation sites (tertiary alicyclic amines) is 1. The van der Waals surface area contributed by atoms with Crippen molar-refractivity contribution in [3.8, 4) is 0 Å². The molecule has 1 N–H and O–H groups in total. The first-order chi connectivity index (χ1) is 10.1. The average molecular weight is 293 g/mol. The summed E-state index contributed by atoms with van der Waals surface area (Å²) in [5.74, 6) is 1.62. The molecule has 21 heavy (non-hydrogen) atoms. The van der Waals surface area contributed by atoms with Crippen molar-refractivity contribution in [1.82, 2.24) is 15.1 Å². The molecular formula is C17H31N3O.